The normalized spacial score (nSPS) is 40.1. The first-order valence-electron chi connectivity index (χ1n) is 12.0. The summed E-state index contributed by atoms with van der Waals surface area (Å²) in [6, 6.07) is 0. The number of aliphatic hydroxyl groups excluding tert-OH is 2. The average molecular weight is 456 g/mol. The number of fused-ring (bicyclic) bond motifs is 4. The zero-order valence-corrected chi connectivity index (χ0v) is 19.6. The second kappa shape index (κ2) is 7.98. The third-order valence-corrected chi connectivity index (χ3v) is 8.69. The van der Waals surface area contributed by atoms with Gasteiger partial charge in [0.25, 0.3) is 0 Å². The van der Waals surface area contributed by atoms with Crippen molar-refractivity contribution in [3.8, 4) is 0 Å². The fourth-order valence-electron chi connectivity index (χ4n) is 6.67. The van der Waals surface area contributed by atoms with Crippen molar-refractivity contribution in [3.63, 3.8) is 0 Å². The van der Waals surface area contributed by atoms with E-state index in [1.165, 1.54) is 0 Å². The van der Waals surface area contributed by atoms with Crippen LogP contribution in [0, 0.1) is 23.2 Å². The van der Waals surface area contributed by atoms with Crippen LogP contribution in [0.3, 0.4) is 0 Å². The Balaban J connectivity index is 1.67. The Morgan fingerprint density at radius 2 is 1.94 bits per heavy atom. The third kappa shape index (κ3) is 3.15. The van der Waals surface area contributed by atoms with Gasteiger partial charge in [-0.2, -0.15) is 0 Å². The Bertz CT molecular complexity index is 973. The molecule has 178 valence electrons. The molecule has 5 rings (SSSR count). The number of piperidine rings is 1. The van der Waals surface area contributed by atoms with Crippen molar-refractivity contribution >= 4 is 11.8 Å². The van der Waals surface area contributed by atoms with Crippen molar-refractivity contribution in [1.82, 2.24) is 4.90 Å². The third-order valence-electron chi connectivity index (χ3n) is 8.69. The van der Waals surface area contributed by atoms with Crippen LogP contribution in [0.5, 0.6) is 0 Å². The molecule has 1 unspecified atom stereocenters. The van der Waals surface area contributed by atoms with Crippen LogP contribution in [-0.2, 0) is 19.1 Å². The molecule has 0 aromatic carbocycles. The minimum Gasteiger partial charge on any atom is -0.504 e. The summed E-state index contributed by atoms with van der Waals surface area (Å²) in [6.45, 7) is 5.69. The van der Waals surface area contributed by atoms with Crippen LogP contribution in [0.25, 0.3) is 0 Å². The lowest BCUT2D eigenvalue weighted by Gasteiger charge is -2.52. The van der Waals surface area contributed by atoms with Gasteiger partial charge in [0.2, 0.25) is 5.78 Å². The molecule has 2 heterocycles. The van der Waals surface area contributed by atoms with Crippen LogP contribution in [-0.4, -0.2) is 65.9 Å². The number of ketones is 1. The van der Waals surface area contributed by atoms with Gasteiger partial charge in [-0.05, 0) is 56.9 Å². The lowest BCUT2D eigenvalue weighted by atomic mass is 9.54. The van der Waals surface area contributed by atoms with Crippen LogP contribution in [0.15, 0.2) is 34.3 Å². The lowest BCUT2D eigenvalue weighted by Crippen LogP contribution is -2.53. The molecule has 7 nitrogen and oxygen atoms in total. The molecule has 2 radical (unpaired) electrons. The van der Waals surface area contributed by atoms with E-state index in [4.69, 9.17) is 9.47 Å². The van der Waals surface area contributed by atoms with Crippen LogP contribution in [0.1, 0.15) is 52.4 Å². The van der Waals surface area contributed by atoms with Gasteiger partial charge in [0.05, 0.1) is 23.7 Å². The molecule has 0 amide bonds. The second-order valence-electron chi connectivity index (χ2n) is 10.5. The molecule has 5 aliphatic rings. The van der Waals surface area contributed by atoms with Gasteiger partial charge in [-0.25, -0.2) is 4.79 Å². The minimum absolute atomic E-state index is 0.132. The predicted octanol–water partition coefficient (Wildman–Crippen LogP) is 2.89. The van der Waals surface area contributed by atoms with Crippen molar-refractivity contribution < 1.29 is 29.3 Å². The molecular weight excluding hydrogens is 422 g/mol. The first-order chi connectivity index (χ1) is 15.7. The Morgan fingerprint density at radius 3 is 2.64 bits per heavy atom. The monoisotopic (exact) mass is 455 g/mol. The lowest BCUT2D eigenvalue weighted by molar-refractivity contribution is -0.156. The van der Waals surface area contributed by atoms with Gasteiger partial charge >= 0.3 is 5.97 Å². The summed E-state index contributed by atoms with van der Waals surface area (Å²) in [5.74, 6) is -1.56. The standard InChI is InChI=1S/C26H33NO6/c1-25-10-9-17-20(16(25)7-8-18(25)28)22(29)23(30)21-15(13-27-11-5-4-6-12-27)24(31)33-19(14-32-3)26(17,21)2/h13,16,18-19,28,30H,4-8,10-12,14H2,1-3H3/b15-13+/t16?,18-,19+,25-,26-/m0/s1. The number of likely N-dealkylation sites (tertiary alicyclic amines) is 1. The van der Waals surface area contributed by atoms with Gasteiger partial charge in [0.15, 0.2) is 5.76 Å². The summed E-state index contributed by atoms with van der Waals surface area (Å²) >= 11 is 0. The molecule has 1 saturated carbocycles. The molecule has 0 bridgehead atoms. The zero-order chi connectivity index (χ0) is 23.5. The fraction of sp³-hybridized carbons (Fsp3) is 0.654. The molecule has 33 heavy (non-hydrogen) atoms. The summed E-state index contributed by atoms with van der Waals surface area (Å²) in [5, 5.41) is 22.0. The largest absolute Gasteiger partial charge is 0.504 e. The number of Topliss-reactive ketones (excluding diaryl/α,β-unsaturated/α-hetero) is 1. The predicted molar refractivity (Wildman–Crippen MR) is 120 cm³/mol. The number of methoxy groups -OCH3 is 1. The highest BCUT2D eigenvalue weighted by Gasteiger charge is 2.61. The van der Waals surface area contributed by atoms with Crippen molar-refractivity contribution in [2.24, 2.45) is 16.7 Å². The van der Waals surface area contributed by atoms with E-state index < -0.39 is 34.8 Å². The highest BCUT2D eigenvalue weighted by atomic mass is 16.6. The maximum absolute atomic E-state index is 13.6. The van der Waals surface area contributed by atoms with Gasteiger partial charge in [-0.1, -0.05) is 6.92 Å². The molecule has 2 saturated heterocycles. The topological polar surface area (TPSA) is 96.3 Å². The number of hydrogen-bond donors (Lipinski definition) is 2. The quantitative estimate of drug-likeness (QED) is 0.499. The van der Waals surface area contributed by atoms with E-state index in [9.17, 15) is 19.8 Å². The number of esters is 1. The number of aliphatic hydroxyl groups is 2. The number of allylic oxidation sites excluding steroid dienone is 1. The Labute approximate surface area is 195 Å². The summed E-state index contributed by atoms with van der Waals surface area (Å²) in [5.41, 5.74) is 0.317. The van der Waals surface area contributed by atoms with E-state index in [1.54, 1.807) is 13.3 Å². The zero-order valence-electron chi connectivity index (χ0n) is 19.6. The highest BCUT2D eigenvalue weighted by molar-refractivity contribution is 6.13. The highest BCUT2D eigenvalue weighted by Crippen LogP contribution is 2.62. The molecular formula is C26H33NO6. The van der Waals surface area contributed by atoms with E-state index >= 15 is 0 Å². The van der Waals surface area contributed by atoms with Crippen LogP contribution in [0.2, 0.25) is 0 Å². The minimum atomic E-state index is -0.965. The Morgan fingerprint density at radius 1 is 1.21 bits per heavy atom. The molecule has 0 aromatic heterocycles. The fourth-order valence-corrected chi connectivity index (χ4v) is 6.67. The van der Waals surface area contributed by atoms with Crippen LogP contribution in [0.4, 0.5) is 0 Å². The number of ether oxygens (including phenoxy) is 2. The first kappa shape index (κ1) is 22.7. The van der Waals surface area contributed by atoms with E-state index in [-0.39, 0.29) is 23.9 Å². The molecule has 3 aliphatic carbocycles. The van der Waals surface area contributed by atoms with Gasteiger partial charge < -0.3 is 24.6 Å². The number of hydrogen-bond acceptors (Lipinski definition) is 7. The molecule has 5 atom stereocenters. The molecule has 0 spiro atoms. The second-order valence-corrected chi connectivity index (χ2v) is 10.5. The summed E-state index contributed by atoms with van der Waals surface area (Å²) < 4.78 is 11.3. The molecule has 2 N–H and O–H groups in total. The van der Waals surface area contributed by atoms with Gasteiger partial charge in [-0.3, -0.25) is 4.79 Å². The van der Waals surface area contributed by atoms with Crippen molar-refractivity contribution in [1.29, 1.82) is 0 Å². The Kier molecular flexibility index (Phi) is 5.48. The Hall–Kier alpha value is -2.12. The number of nitrogens with zero attached hydrogens (tertiary/aromatic N) is 1. The smallest absolute Gasteiger partial charge is 0.340 e. The van der Waals surface area contributed by atoms with Gasteiger partial charge in [0, 0.05) is 49.4 Å². The molecule has 3 fully saturated rings. The number of rotatable bonds is 3. The molecule has 7 heteroatoms. The summed E-state index contributed by atoms with van der Waals surface area (Å²) in [7, 11) is 1.54. The van der Waals surface area contributed by atoms with E-state index in [0.29, 0.717) is 36.0 Å². The first-order valence-corrected chi connectivity index (χ1v) is 12.0. The maximum atomic E-state index is 13.6. The van der Waals surface area contributed by atoms with Crippen LogP contribution >= 0.6 is 0 Å². The van der Waals surface area contributed by atoms with E-state index in [0.717, 1.165) is 32.4 Å². The van der Waals surface area contributed by atoms with Gasteiger partial charge in [-0.15, -0.1) is 0 Å². The maximum Gasteiger partial charge on any atom is 0.340 e. The summed E-state index contributed by atoms with van der Waals surface area (Å²) in [4.78, 5) is 28.9. The van der Waals surface area contributed by atoms with Crippen LogP contribution < -0.4 is 0 Å². The van der Waals surface area contributed by atoms with E-state index in [1.807, 2.05) is 13.8 Å². The molecule has 0 aromatic rings. The van der Waals surface area contributed by atoms with Gasteiger partial charge in [0.1, 0.15) is 6.10 Å². The van der Waals surface area contributed by atoms with Crippen molar-refractivity contribution in [2.75, 3.05) is 26.8 Å². The van der Waals surface area contributed by atoms with Crippen molar-refractivity contribution in [3.05, 3.63) is 40.7 Å². The van der Waals surface area contributed by atoms with Crippen molar-refractivity contribution in [2.45, 2.75) is 64.6 Å². The number of carbonyl (C=O) groups excluding carboxylic acids is 2. The number of carbonyl (C=O) groups is 2. The SMILES string of the molecule is COC[C@H]1OC(=O)/C(=C/N2CCCCC2)C2=C(O)C(=O)C3=C([C]C[C@@]4(C)C3CC[C@@H]4O)[C@]21C. The summed E-state index contributed by atoms with van der Waals surface area (Å²) in [6.07, 6.45) is 8.99. The average Bonchev–Trinajstić information content (AvgIpc) is 3.10. The van der Waals surface area contributed by atoms with E-state index in [2.05, 4.69) is 11.3 Å². The molecule has 2 aliphatic heterocycles. The number of cyclic esters (lactones) is 1.